The van der Waals surface area contributed by atoms with Crippen molar-refractivity contribution in [2.45, 2.75) is 64.1 Å². The highest BCUT2D eigenvalue weighted by Crippen LogP contribution is 2.34. The molecule has 10 heteroatoms. The molecule has 0 unspecified atom stereocenters. The molecule has 3 N–H and O–H groups in total. The molecule has 2 aromatic heterocycles. The lowest BCUT2D eigenvalue weighted by Crippen LogP contribution is -2.36. The quantitative estimate of drug-likeness (QED) is 0.218. The Labute approximate surface area is 268 Å². The molecule has 46 heavy (non-hydrogen) atoms. The zero-order chi connectivity index (χ0) is 32.3. The molecule has 2 atom stereocenters. The van der Waals surface area contributed by atoms with E-state index in [9.17, 15) is 14.7 Å². The van der Waals surface area contributed by atoms with Crippen molar-refractivity contribution in [2.24, 2.45) is 0 Å². The molecule has 4 aromatic rings. The number of hydrogen-bond donors (Lipinski definition) is 3. The zero-order valence-electron chi connectivity index (χ0n) is 26.1. The number of hydrogen-bond acceptors (Lipinski definition) is 5. The van der Waals surface area contributed by atoms with Crippen LogP contribution in [0.3, 0.4) is 0 Å². The van der Waals surface area contributed by atoms with Gasteiger partial charge in [0.2, 0.25) is 0 Å². The summed E-state index contributed by atoms with van der Waals surface area (Å²) in [5.74, 6) is 13.4. The molecule has 10 nitrogen and oxygen atoms in total. The van der Waals surface area contributed by atoms with Crippen LogP contribution in [0.25, 0.3) is 22.4 Å². The maximum absolute atomic E-state index is 12.9. The van der Waals surface area contributed by atoms with Gasteiger partial charge in [0.05, 0.1) is 30.2 Å². The average Bonchev–Trinajstić information content (AvgIpc) is 3.85. The number of benzene rings is 2. The van der Waals surface area contributed by atoms with Crippen molar-refractivity contribution in [2.75, 3.05) is 13.1 Å². The predicted molar refractivity (Wildman–Crippen MR) is 173 cm³/mol. The number of aromatic nitrogens is 4. The van der Waals surface area contributed by atoms with Crippen LogP contribution in [0.15, 0.2) is 60.9 Å². The van der Waals surface area contributed by atoms with Crippen LogP contribution in [-0.4, -0.2) is 65.7 Å². The van der Waals surface area contributed by atoms with Gasteiger partial charge in [-0.1, -0.05) is 42.3 Å². The highest BCUT2D eigenvalue weighted by atomic mass is 16.6. The van der Waals surface area contributed by atoms with Crippen LogP contribution >= 0.6 is 0 Å². The van der Waals surface area contributed by atoms with Crippen LogP contribution in [0.2, 0.25) is 0 Å². The van der Waals surface area contributed by atoms with Gasteiger partial charge in [0.25, 0.3) is 0 Å². The summed E-state index contributed by atoms with van der Waals surface area (Å²) in [5, 5.41) is 9.44. The fourth-order valence-electron chi connectivity index (χ4n) is 5.97. The van der Waals surface area contributed by atoms with Gasteiger partial charge < -0.3 is 19.8 Å². The molecule has 0 radical (unpaired) electrons. The first-order chi connectivity index (χ1) is 22.2. The normalized spacial score (nSPS) is 17.6. The molecule has 0 saturated carbocycles. The van der Waals surface area contributed by atoms with E-state index < -0.39 is 11.7 Å². The van der Waals surface area contributed by atoms with Crippen LogP contribution in [-0.2, 0) is 4.74 Å². The Bertz CT molecular complexity index is 1860. The molecule has 234 valence electrons. The largest absolute Gasteiger partial charge is 0.465 e. The molecular formula is C36H36N6O4. The number of likely N-dealkylation sites (tertiary alicyclic amines) is 2. The van der Waals surface area contributed by atoms with Gasteiger partial charge in [-0.05, 0) is 87.5 Å². The summed E-state index contributed by atoms with van der Waals surface area (Å²) in [4.78, 5) is 43.2. The first kappa shape index (κ1) is 30.5. The minimum Gasteiger partial charge on any atom is -0.465 e. The second-order valence-electron chi connectivity index (χ2n) is 12.5. The van der Waals surface area contributed by atoms with Crippen LogP contribution in [0, 0.1) is 23.7 Å². The average molecular weight is 617 g/mol. The molecule has 2 amide bonds. The molecule has 2 saturated heterocycles. The van der Waals surface area contributed by atoms with E-state index in [1.54, 1.807) is 11.1 Å². The van der Waals surface area contributed by atoms with E-state index in [0.717, 1.165) is 59.5 Å². The fraction of sp³-hybridized carbons (Fsp3) is 0.333. The van der Waals surface area contributed by atoms with E-state index >= 15 is 0 Å². The first-order valence-corrected chi connectivity index (χ1v) is 15.5. The van der Waals surface area contributed by atoms with Crippen molar-refractivity contribution in [3.8, 4) is 46.1 Å². The Morgan fingerprint density at radius 2 is 1.54 bits per heavy atom. The Morgan fingerprint density at radius 3 is 2.28 bits per heavy atom. The van der Waals surface area contributed by atoms with Gasteiger partial charge in [-0.25, -0.2) is 19.6 Å². The third-order valence-corrected chi connectivity index (χ3v) is 8.07. The number of amides is 2. The molecule has 2 fully saturated rings. The van der Waals surface area contributed by atoms with Gasteiger partial charge in [0.15, 0.2) is 0 Å². The highest BCUT2D eigenvalue weighted by Gasteiger charge is 2.35. The van der Waals surface area contributed by atoms with Gasteiger partial charge in [0.1, 0.15) is 22.9 Å². The SMILES string of the molecule is CC(C)(C)OC(=O)N1CCC[C@H]1c1ncc(-c2ccc(C#CC#Cc3cnc([C@@H]4CCCN4C(=O)O)[nH]3)c(-c3ccccc3)c2)[nH]1. The molecule has 0 bridgehead atoms. The van der Waals surface area contributed by atoms with Crippen LogP contribution in [0.5, 0.6) is 0 Å². The number of nitrogens with one attached hydrogen (secondary N) is 2. The number of aromatic amines is 2. The lowest BCUT2D eigenvalue weighted by atomic mass is 9.96. The summed E-state index contributed by atoms with van der Waals surface area (Å²) in [6, 6.07) is 15.7. The lowest BCUT2D eigenvalue weighted by molar-refractivity contribution is 0.0218. The summed E-state index contributed by atoms with van der Waals surface area (Å²) in [5.41, 5.74) is 4.62. The van der Waals surface area contributed by atoms with Gasteiger partial charge in [0, 0.05) is 24.2 Å². The van der Waals surface area contributed by atoms with E-state index in [2.05, 4.69) is 49.7 Å². The Balaban J connectivity index is 1.23. The summed E-state index contributed by atoms with van der Waals surface area (Å²) < 4.78 is 5.64. The van der Waals surface area contributed by atoms with Crippen molar-refractivity contribution in [1.82, 2.24) is 29.7 Å². The van der Waals surface area contributed by atoms with Gasteiger partial charge in [-0.3, -0.25) is 9.80 Å². The van der Waals surface area contributed by atoms with Crippen molar-refractivity contribution in [1.29, 1.82) is 0 Å². The number of carboxylic acid groups (broad SMARTS) is 1. The molecular weight excluding hydrogens is 580 g/mol. The Kier molecular flexibility index (Phi) is 8.54. The van der Waals surface area contributed by atoms with Gasteiger partial charge in [-0.15, -0.1) is 0 Å². The third-order valence-electron chi connectivity index (χ3n) is 8.07. The Morgan fingerprint density at radius 1 is 0.870 bits per heavy atom. The first-order valence-electron chi connectivity index (χ1n) is 15.5. The molecule has 4 heterocycles. The maximum Gasteiger partial charge on any atom is 0.410 e. The lowest BCUT2D eigenvalue weighted by Gasteiger charge is -2.27. The van der Waals surface area contributed by atoms with Crippen LogP contribution in [0.1, 0.15) is 81.4 Å². The van der Waals surface area contributed by atoms with E-state index in [0.29, 0.717) is 24.6 Å². The molecule has 2 aliphatic rings. The second-order valence-corrected chi connectivity index (χ2v) is 12.5. The fourth-order valence-corrected chi connectivity index (χ4v) is 5.97. The molecule has 2 aliphatic heterocycles. The number of carbonyl (C=O) groups is 2. The molecule has 0 spiro atoms. The zero-order valence-corrected chi connectivity index (χ0v) is 26.1. The van der Waals surface area contributed by atoms with E-state index in [1.165, 1.54) is 4.90 Å². The van der Waals surface area contributed by atoms with E-state index in [-0.39, 0.29) is 18.2 Å². The van der Waals surface area contributed by atoms with Crippen molar-refractivity contribution < 1.29 is 19.4 Å². The molecule has 0 aliphatic carbocycles. The van der Waals surface area contributed by atoms with Crippen LogP contribution in [0.4, 0.5) is 9.59 Å². The number of carbonyl (C=O) groups excluding carboxylic acids is 1. The smallest absolute Gasteiger partial charge is 0.410 e. The monoisotopic (exact) mass is 616 g/mol. The summed E-state index contributed by atoms with van der Waals surface area (Å²) in [6.45, 7) is 6.75. The van der Waals surface area contributed by atoms with Crippen molar-refractivity contribution >= 4 is 12.2 Å². The molecule has 6 rings (SSSR count). The van der Waals surface area contributed by atoms with Crippen molar-refractivity contribution in [3.63, 3.8) is 0 Å². The Hall–Kier alpha value is -5.48. The number of rotatable bonds is 4. The number of H-pyrrole nitrogens is 2. The second kappa shape index (κ2) is 12.9. The summed E-state index contributed by atoms with van der Waals surface area (Å²) in [6.07, 6.45) is 5.40. The topological polar surface area (TPSA) is 127 Å². The standard InChI is InChI=1S/C36H36N6O4/c1-36(2,3)46-35(45)42-20-10-16-31(42)33-38-23-29(40-33)26-18-17-25(28(21-26)24-11-5-4-6-12-24)13-7-8-14-27-22-37-32(39-27)30-15-9-19-41(30)34(43)44/h4-6,11-12,17-18,21-23,30-31H,9-10,15-16,19-20H2,1-3H3,(H,37,39)(H,38,40)(H,43,44)/t30-,31-/m0/s1. The minimum absolute atomic E-state index is 0.166. The number of ether oxygens (including phenoxy) is 1. The maximum atomic E-state index is 12.9. The van der Waals surface area contributed by atoms with Crippen molar-refractivity contribution in [3.05, 3.63) is 83.8 Å². The van der Waals surface area contributed by atoms with Gasteiger partial charge in [-0.2, -0.15) is 0 Å². The summed E-state index contributed by atoms with van der Waals surface area (Å²) >= 11 is 0. The van der Waals surface area contributed by atoms with Crippen LogP contribution < -0.4 is 0 Å². The van der Waals surface area contributed by atoms with E-state index in [1.807, 2.05) is 69.4 Å². The highest BCUT2D eigenvalue weighted by molar-refractivity contribution is 5.77. The number of imidazole rings is 2. The minimum atomic E-state index is -0.940. The summed E-state index contributed by atoms with van der Waals surface area (Å²) in [7, 11) is 0. The molecule has 2 aromatic carbocycles. The predicted octanol–water partition coefficient (Wildman–Crippen LogP) is 6.76. The third kappa shape index (κ3) is 6.77. The van der Waals surface area contributed by atoms with E-state index in [4.69, 9.17) is 4.74 Å². The van der Waals surface area contributed by atoms with Gasteiger partial charge >= 0.3 is 12.2 Å². The number of nitrogens with zero attached hydrogens (tertiary/aromatic N) is 4.